The van der Waals surface area contributed by atoms with Crippen molar-refractivity contribution in [2.75, 3.05) is 0 Å². The molecule has 0 spiro atoms. The highest BCUT2D eigenvalue weighted by Crippen LogP contribution is 2.31. The second-order valence-corrected chi connectivity index (χ2v) is 5.79. The largest absolute Gasteiger partial charge is 0.429 e. The van der Waals surface area contributed by atoms with Gasteiger partial charge < -0.3 is 4.74 Å². The minimum absolute atomic E-state index is 0.207. The fourth-order valence-corrected chi connectivity index (χ4v) is 1.64. The number of amidine groups is 1. The SMILES string of the molecule is CC1(C)OC(=Nc2ccccc2)N(C(C)(C)C)O1. The molecule has 0 aromatic heterocycles. The van der Waals surface area contributed by atoms with Gasteiger partial charge >= 0.3 is 6.02 Å². The van der Waals surface area contributed by atoms with Crippen LogP contribution in [0.2, 0.25) is 0 Å². The fraction of sp³-hybridized carbons (Fsp3) is 0.500. The Bertz CT molecular complexity index is 447. The normalized spacial score (nSPS) is 21.2. The summed E-state index contributed by atoms with van der Waals surface area (Å²) in [5, 5.41) is 1.72. The van der Waals surface area contributed by atoms with E-state index >= 15 is 0 Å². The Labute approximate surface area is 108 Å². The maximum atomic E-state index is 5.78. The van der Waals surface area contributed by atoms with Gasteiger partial charge in [-0.3, -0.25) is 0 Å². The van der Waals surface area contributed by atoms with E-state index in [0.717, 1.165) is 5.69 Å². The summed E-state index contributed by atoms with van der Waals surface area (Å²) in [6.45, 7) is 9.91. The van der Waals surface area contributed by atoms with Crippen molar-refractivity contribution in [3.63, 3.8) is 0 Å². The topological polar surface area (TPSA) is 34.1 Å². The average Bonchev–Trinajstić information content (AvgIpc) is 2.55. The first-order valence-corrected chi connectivity index (χ1v) is 6.10. The maximum Gasteiger partial charge on any atom is 0.320 e. The van der Waals surface area contributed by atoms with E-state index in [1.807, 2.05) is 44.2 Å². The number of rotatable bonds is 1. The van der Waals surface area contributed by atoms with Gasteiger partial charge in [-0.2, -0.15) is 10.1 Å². The number of hydrogen-bond donors (Lipinski definition) is 0. The predicted octanol–water partition coefficient (Wildman–Crippen LogP) is 3.47. The molecule has 1 aromatic carbocycles. The molecule has 0 radical (unpaired) electrons. The van der Waals surface area contributed by atoms with E-state index in [1.165, 1.54) is 0 Å². The van der Waals surface area contributed by atoms with Crippen molar-refractivity contribution in [3.05, 3.63) is 30.3 Å². The molecule has 1 aliphatic rings. The summed E-state index contributed by atoms with van der Waals surface area (Å²) in [7, 11) is 0. The molecule has 98 valence electrons. The first-order valence-electron chi connectivity index (χ1n) is 6.10. The molecular weight excluding hydrogens is 228 g/mol. The third-order valence-electron chi connectivity index (χ3n) is 2.41. The van der Waals surface area contributed by atoms with E-state index in [1.54, 1.807) is 5.06 Å². The van der Waals surface area contributed by atoms with Crippen LogP contribution in [0, 0.1) is 0 Å². The highest BCUT2D eigenvalue weighted by Gasteiger charge is 2.43. The van der Waals surface area contributed by atoms with Crippen LogP contribution in [0.4, 0.5) is 5.69 Å². The second kappa shape index (κ2) is 4.28. The Balaban J connectivity index is 2.33. The smallest absolute Gasteiger partial charge is 0.320 e. The Morgan fingerprint density at radius 2 is 1.72 bits per heavy atom. The molecule has 1 fully saturated rings. The van der Waals surface area contributed by atoms with Gasteiger partial charge in [0.05, 0.1) is 11.2 Å². The lowest BCUT2D eigenvalue weighted by atomic mass is 10.1. The summed E-state index contributed by atoms with van der Waals surface area (Å²) in [4.78, 5) is 10.3. The van der Waals surface area contributed by atoms with Gasteiger partial charge in [0.1, 0.15) is 0 Å². The van der Waals surface area contributed by atoms with E-state index in [2.05, 4.69) is 25.8 Å². The molecule has 4 heteroatoms. The fourth-order valence-electron chi connectivity index (χ4n) is 1.64. The zero-order chi connectivity index (χ0) is 13.4. The molecule has 0 bridgehead atoms. The van der Waals surface area contributed by atoms with Crippen molar-refractivity contribution in [3.8, 4) is 0 Å². The molecule has 0 unspecified atom stereocenters. The average molecular weight is 248 g/mol. The van der Waals surface area contributed by atoms with Crippen LogP contribution >= 0.6 is 0 Å². The Morgan fingerprint density at radius 1 is 1.11 bits per heavy atom. The Hall–Kier alpha value is -1.55. The summed E-state index contributed by atoms with van der Waals surface area (Å²) in [5.41, 5.74) is 0.643. The Morgan fingerprint density at radius 3 is 2.28 bits per heavy atom. The van der Waals surface area contributed by atoms with Gasteiger partial charge in [-0.25, -0.2) is 4.84 Å². The van der Waals surface area contributed by atoms with Crippen molar-refractivity contribution in [2.45, 2.75) is 45.9 Å². The first-order chi connectivity index (χ1) is 8.28. The zero-order valence-electron chi connectivity index (χ0n) is 11.6. The van der Waals surface area contributed by atoms with Gasteiger partial charge in [-0.05, 0) is 32.9 Å². The number of aliphatic imine (C=N–C) groups is 1. The number of hydrogen-bond acceptors (Lipinski definition) is 3. The third-order valence-corrected chi connectivity index (χ3v) is 2.41. The van der Waals surface area contributed by atoms with Crippen LogP contribution in [0.5, 0.6) is 0 Å². The standard InChI is InChI=1S/C14H20N2O2/c1-13(2,3)16-12(17-14(4,5)18-16)15-11-9-7-6-8-10-11/h6-10H,1-5H3. The molecule has 0 N–H and O–H groups in total. The number of ether oxygens (including phenoxy) is 1. The molecule has 1 saturated heterocycles. The molecule has 1 aliphatic heterocycles. The van der Waals surface area contributed by atoms with Gasteiger partial charge in [-0.1, -0.05) is 18.2 Å². The van der Waals surface area contributed by atoms with Crippen molar-refractivity contribution >= 4 is 11.7 Å². The van der Waals surface area contributed by atoms with Gasteiger partial charge in [0, 0.05) is 13.8 Å². The Kier molecular flexibility index (Phi) is 3.07. The van der Waals surface area contributed by atoms with Crippen LogP contribution in [0.25, 0.3) is 0 Å². The summed E-state index contributed by atoms with van der Waals surface area (Å²) in [6.07, 6.45) is 0. The van der Waals surface area contributed by atoms with Crippen molar-refractivity contribution < 1.29 is 9.57 Å². The van der Waals surface area contributed by atoms with Crippen LogP contribution in [0.15, 0.2) is 35.3 Å². The van der Waals surface area contributed by atoms with Gasteiger partial charge in [-0.15, -0.1) is 0 Å². The van der Waals surface area contributed by atoms with E-state index < -0.39 is 5.79 Å². The lowest BCUT2D eigenvalue weighted by Gasteiger charge is -2.29. The monoisotopic (exact) mass is 248 g/mol. The number of hydroxylamine groups is 2. The van der Waals surface area contributed by atoms with Crippen LogP contribution in [-0.4, -0.2) is 22.4 Å². The van der Waals surface area contributed by atoms with Crippen LogP contribution in [0.3, 0.4) is 0 Å². The first kappa shape index (κ1) is 12.9. The van der Waals surface area contributed by atoms with E-state index in [0.29, 0.717) is 6.02 Å². The minimum Gasteiger partial charge on any atom is -0.429 e. The van der Waals surface area contributed by atoms with Crippen molar-refractivity contribution in [1.29, 1.82) is 0 Å². The summed E-state index contributed by atoms with van der Waals surface area (Å²) in [5.74, 6) is -0.680. The van der Waals surface area contributed by atoms with E-state index in [-0.39, 0.29) is 5.54 Å². The molecule has 1 heterocycles. The highest BCUT2D eigenvalue weighted by molar-refractivity contribution is 5.78. The molecule has 0 aliphatic carbocycles. The highest BCUT2D eigenvalue weighted by atomic mass is 16.9. The van der Waals surface area contributed by atoms with Gasteiger partial charge in [0.15, 0.2) is 0 Å². The van der Waals surface area contributed by atoms with Crippen LogP contribution in [0.1, 0.15) is 34.6 Å². The molecule has 0 atom stereocenters. The van der Waals surface area contributed by atoms with Crippen LogP contribution in [-0.2, 0) is 9.57 Å². The van der Waals surface area contributed by atoms with Crippen molar-refractivity contribution in [1.82, 2.24) is 5.06 Å². The molecule has 1 aromatic rings. The quantitative estimate of drug-likeness (QED) is 0.763. The molecule has 0 saturated carbocycles. The van der Waals surface area contributed by atoms with E-state index in [9.17, 15) is 0 Å². The van der Waals surface area contributed by atoms with Gasteiger partial charge in [0.25, 0.3) is 0 Å². The zero-order valence-corrected chi connectivity index (χ0v) is 11.6. The van der Waals surface area contributed by atoms with Crippen molar-refractivity contribution in [2.24, 2.45) is 4.99 Å². The van der Waals surface area contributed by atoms with E-state index in [4.69, 9.17) is 9.57 Å². The lowest BCUT2D eigenvalue weighted by molar-refractivity contribution is -0.239. The predicted molar refractivity (Wildman–Crippen MR) is 71.4 cm³/mol. The summed E-state index contributed by atoms with van der Waals surface area (Å²) in [6, 6.07) is 10.2. The maximum absolute atomic E-state index is 5.78. The van der Waals surface area contributed by atoms with Crippen LogP contribution < -0.4 is 0 Å². The lowest BCUT2D eigenvalue weighted by Crippen LogP contribution is -2.42. The molecule has 2 rings (SSSR count). The number of nitrogens with zero attached hydrogens (tertiary/aromatic N) is 2. The molecule has 4 nitrogen and oxygen atoms in total. The molecular formula is C14H20N2O2. The molecule has 18 heavy (non-hydrogen) atoms. The second-order valence-electron chi connectivity index (χ2n) is 5.79. The van der Waals surface area contributed by atoms with Gasteiger partial charge in [0.2, 0.25) is 5.79 Å². The summed E-state index contributed by atoms with van der Waals surface area (Å²) >= 11 is 0. The number of benzene rings is 1. The molecule has 0 amide bonds. The third kappa shape index (κ3) is 2.82. The summed E-state index contributed by atoms with van der Waals surface area (Å²) < 4.78 is 5.75. The number of para-hydroxylation sites is 1. The minimum atomic E-state index is -0.680.